The smallest absolute Gasteiger partial charge is 0.280 e. The summed E-state index contributed by atoms with van der Waals surface area (Å²) in [6.07, 6.45) is 6.67. The first-order valence-electron chi connectivity index (χ1n) is 10.4. The number of rotatable bonds is 4. The van der Waals surface area contributed by atoms with Gasteiger partial charge in [0, 0.05) is 6.07 Å². The molecule has 1 saturated heterocycles. The van der Waals surface area contributed by atoms with Gasteiger partial charge in [-0.2, -0.15) is 10.1 Å². The van der Waals surface area contributed by atoms with Gasteiger partial charge in [0.2, 0.25) is 0 Å². The largest absolute Gasteiger partial charge is 0.455 e. The Balaban J connectivity index is 1.26. The molecule has 3 fully saturated rings. The topological polar surface area (TPSA) is 106 Å². The van der Waals surface area contributed by atoms with Crippen molar-refractivity contribution in [3.8, 4) is 11.3 Å². The van der Waals surface area contributed by atoms with E-state index in [4.69, 9.17) is 4.42 Å². The number of hydrogen-bond donors (Lipinski definition) is 0. The maximum atomic E-state index is 13.0. The number of allylic oxidation sites excluding steroid dienone is 2. The predicted molar refractivity (Wildman–Crippen MR) is 110 cm³/mol. The molecule has 31 heavy (non-hydrogen) atoms. The second-order valence-electron chi connectivity index (χ2n) is 8.87. The molecule has 2 heterocycles. The van der Waals surface area contributed by atoms with Crippen molar-refractivity contribution in [1.82, 2.24) is 5.01 Å². The predicted octanol–water partition coefficient (Wildman–Crippen LogP) is 3.55. The summed E-state index contributed by atoms with van der Waals surface area (Å²) in [4.78, 5) is 36.8. The van der Waals surface area contributed by atoms with Crippen molar-refractivity contribution >= 4 is 23.7 Å². The Hall–Kier alpha value is -3.55. The number of hydrogen-bond acceptors (Lipinski definition) is 6. The normalized spacial score (nSPS) is 32.6. The highest BCUT2D eigenvalue weighted by Gasteiger charge is 2.67. The van der Waals surface area contributed by atoms with Crippen LogP contribution in [0.5, 0.6) is 0 Å². The minimum absolute atomic E-state index is 0.0478. The van der Waals surface area contributed by atoms with Crippen LogP contribution in [0.4, 0.5) is 5.69 Å². The van der Waals surface area contributed by atoms with E-state index in [1.165, 1.54) is 12.3 Å². The number of furan rings is 1. The first kappa shape index (κ1) is 18.2. The van der Waals surface area contributed by atoms with Crippen LogP contribution in [0.2, 0.25) is 0 Å². The number of imide groups is 1. The van der Waals surface area contributed by atoms with E-state index in [2.05, 4.69) is 17.3 Å². The van der Waals surface area contributed by atoms with Crippen molar-refractivity contribution in [3.63, 3.8) is 0 Å². The van der Waals surface area contributed by atoms with Gasteiger partial charge < -0.3 is 4.42 Å². The van der Waals surface area contributed by atoms with Crippen LogP contribution in [-0.2, 0) is 9.59 Å². The third-order valence-corrected chi connectivity index (χ3v) is 7.18. The summed E-state index contributed by atoms with van der Waals surface area (Å²) < 4.78 is 5.71. The SMILES string of the molecule is Cc1ccc(-c2ccc(/C=N/N3C(=O)[C@H]4[C@@H]5C=C[C@H]([C@H]6C[C@H]56)[C@@H]4C3=O)o2)c([N+](=O)[O-])c1. The van der Waals surface area contributed by atoms with Crippen LogP contribution < -0.4 is 0 Å². The van der Waals surface area contributed by atoms with Gasteiger partial charge in [-0.05, 0) is 60.8 Å². The highest BCUT2D eigenvalue weighted by Crippen LogP contribution is 2.65. The van der Waals surface area contributed by atoms with E-state index in [-0.39, 0.29) is 41.2 Å². The Labute approximate surface area is 177 Å². The number of carbonyl (C=O) groups is 2. The molecule has 0 radical (unpaired) electrons. The first-order chi connectivity index (χ1) is 14.9. The standard InChI is InChI=1S/C23H19N3O5/c1-11-2-4-15(18(8-11)26(29)30)19-7-3-12(31-19)10-24-25-22(27)20-13-5-6-14(17-9-16(13)17)21(20)23(25)28/h2-8,10,13-14,16-17,20-21H,9H2,1H3/b24-10+/t13-,14-,16-,17-,20+,21+/m1/s1. The molecular weight excluding hydrogens is 398 g/mol. The molecule has 0 N–H and O–H groups in total. The average Bonchev–Trinajstić information content (AvgIpc) is 3.39. The molecule has 6 atom stereocenters. The van der Waals surface area contributed by atoms with Crippen LogP contribution in [0, 0.1) is 52.5 Å². The van der Waals surface area contributed by atoms with Gasteiger partial charge in [0.05, 0.1) is 28.5 Å². The zero-order chi connectivity index (χ0) is 21.4. The van der Waals surface area contributed by atoms with E-state index in [1.54, 1.807) is 31.2 Å². The number of benzene rings is 1. The summed E-state index contributed by atoms with van der Waals surface area (Å²) in [5.41, 5.74) is 1.09. The molecule has 7 rings (SSSR count). The minimum atomic E-state index is -0.450. The van der Waals surface area contributed by atoms with Crippen LogP contribution in [0.25, 0.3) is 11.3 Å². The second kappa shape index (κ2) is 6.23. The van der Waals surface area contributed by atoms with Crippen molar-refractivity contribution in [2.45, 2.75) is 13.3 Å². The molecule has 4 aliphatic carbocycles. The number of nitrogens with zero attached hydrogens (tertiary/aromatic N) is 3. The van der Waals surface area contributed by atoms with Gasteiger partial charge in [-0.25, -0.2) is 0 Å². The molecule has 1 aromatic heterocycles. The average molecular weight is 417 g/mol. The Morgan fingerprint density at radius 2 is 1.77 bits per heavy atom. The highest BCUT2D eigenvalue weighted by molar-refractivity contribution is 6.06. The lowest BCUT2D eigenvalue weighted by Crippen LogP contribution is -2.40. The van der Waals surface area contributed by atoms with Crippen LogP contribution in [0.15, 0.2) is 52.0 Å². The van der Waals surface area contributed by atoms with Gasteiger partial charge in [0.15, 0.2) is 0 Å². The number of carbonyl (C=O) groups excluding carboxylic acids is 2. The molecule has 156 valence electrons. The lowest BCUT2D eigenvalue weighted by atomic mass is 9.63. The maximum absolute atomic E-state index is 13.0. The van der Waals surface area contributed by atoms with E-state index in [9.17, 15) is 19.7 Å². The van der Waals surface area contributed by atoms with E-state index in [0.29, 0.717) is 28.9 Å². The van der Waals surface area contributed by atoms with Gasteiger partial charge in [-0.15, -0.1) is 0 Å². The molecule has 2 amide bonds. The van der Waals surface area contributed by atoms with Gasteiger partial charge in [0.25, 0.3) is 17.5 Å². The minimum Gasteiger partial charge on any atom is -0.455 e. The Morgan fingerprint density at radius 1 is 1.10 bits per heavy atom. The fraction of sp³-hybridized carbons (Fsp3) is 0.348. The van der Waals surface area contributed by atoms with E-state index in [0.717, 1.165) is 17.0 Å². The van der Waals surface area contributed by atoms with Crippen molar-refractivity contribution in [3.05, 3.63) is 63.9 Å². The fourth-order valence-corrected chi connectivity index (χ4v) is 5.74. The molecule has 0 unspecified atom stereocenters. The highest BCUT2D eigenvalue weighted by atomic mass is 16.6. The number of hydrazone groups is 1. The molecule has 5 aliphatic rings. The summed E-state index contributed by atoms with van der Waals surface area (Å²) >= 11 is 0. The summed E-state index contributed by atoms with van der Waals surface area (Å²) in [5, 5.41) is 16.5. The van der Waals surface area contributed by atoms with Crippen LogP contribution >= 0.6 is 0 Å². The number of amides is 2. The zero-order valence-corrected chi connectivity index (χ0v) is 16.7. The van der Waals surface area contributed by atoms with Gasteiger partial charge in [-0.3, -0.25) is 19.7 Å². The lowest BCUT2D eigenvalue weighted by Gasteiger charge is -2.37. The fourth-order valence-electron chi connectivity index (χ4n) is 5.74. The number of aryl methyl sites for hydroxylation is 1. The van der Waals surface area contributed by atoms with E-state index >= 15 is 0 Å². The Kier molecular flexibility index (Phi) is 3.66. The molecule has 8 heteroatoms. The van der Waals surface area contributed by atoms with Crippen molar-refractivity contribution in [1.29, 1.82) is 0 Å². The maximum Gasteiger partial charge on any atom is 0.280 e. The van der Waals surface area contributed by atoms with Gasteiger partial charge >= 0.3 is 0 Å². The molecular formula is C23H19N3O5. The van der Waals surface area contributed by atoms with E-state index < -0.39 is 4.92 Å². The first-order valence-corrected chi connectivity index (χ1v) is 10.4. The van der Waals surface area contributed by atoms with Gasteiger partial charge in [-0.1, -0.05) is 18.2 Å². The Morgan fingerprint density at radius 3 is 2.42 bits per heavy atom. The van der Waals surface area contributed by atoms with Gasteiger partial charge in [0.1, 0.15) is 11.5 Å². The van der Waals surface area contributed by atoms with Crippen LogP contribution in [-0.4, -0.2) is 28.0 Å². The van der Waals surface area contributed by atoms with Crippen molar-refractivity contribution in [2.24, 2.45) is 40.6 Å². The molecule has 2 saturated carbocycles. The zero-order valence-electron chi connectivity index (χ0n) is 16.7. The molecule has 2 bridgehead atoms. The third-order valence-electron chi connectivity index (χ3n) is 7.18. The van der Waals surface area contributed by atoms with Crippen molar-refractivity contribution in [2.75, 3.05) is 0 Å². The lowest BCUT2D eigenvalue weighted by molar-refractivity contribution is -0.384. The molecule has 1 aromatic carbocycles. The quantitative estimate of drug-likeness (QED) is 0.249. The monoisotopic (exact) mass is 417 g/mol. The summed E-state index contributed by atoms with van der Waals surface area (Å²) in [6.45, 7) is 1.78. The molecule has 2 aromatic rings. The molecule has 0 spiro atoms. The number of nitro benzene ring substituents is 1. The summed E-state index contributed by atoms with van der Waals surface area (Å²) in [5.74, 6) is 0.922. The summed E-state index contributed by atoms with van der Waals surface area (Å²) in [6, 6.07) is 8.13. The van der Waals surface area contributed by atoms with Crippen LogP contribution in [0.3, 0.4) is 0 Å². The molecule has 8 nitrogen and oxygen atoms in total. The van der Waals surface area contributed by atoms with Crippen LogP contribution in [0.1, 0.15) is 17.7 Å². The van der Waals surface area contributed by atoms with E-state index in [1.807, 2.05) is 0 Å². The molecule has 1 aliphatic heterocycles. The Bertz CT molecular complexity index is 1180. The summed E-state index contributed by atoms with van der Waals surface area (Å²) in [7, 11) is 0. The van der Waals surface area contributed by atoms with Crippen molar-refractivity contribution < 1.29 is 18.9 Å². The number of nitro groups is 1. The third kappa shape index (κ3) is 2.57. The second-order valence-corrected chi connectivity index (χ2v) is 8.87.